The average Bonchev–Trinajstić information content (AvgIpc) is 2.22. The summed E-state index contributed by atoms with van der Waals surface area (Å²) < 4.78 is 36.7. The summed E-state index contributed by atoms with van der Waals surface area (Å²) in [5.74, 6) is -0.687. The molecule has 17 heavy (non-hydrogen) atoms. The number of nitrogens with one attached hydrogen (secondary N) is 1. The van der Waals surface area contributed by atoms with E-state index in [1.165, 1.54) is 6.20 Å². The minimum atomic E-state index is -4.09. The third-order valence-corrected chi connectivity index (χ3v) is 2.85. The maximum atomic E-state index is 12.2. The molecule has 1 aliphatic rings. The summed E-state index contributed by atoms with van der Waals surface area (Å²) in [5.41, 5.74) is 0.428. The fourth-order valence-corrected chi connectivity index (χ4v) is 1.76. The van der Waals surface area contributed by atoms with Crippen molar-refractivity contribution in [2.75, 3.05) is 5.32 Å². The van der Waals surface area contributed by atoms with Crippen molar-refractivity contribution >= 4 is 5.82 Å². The monoisotopic (exact) mass is 241 g/mol. The van der Waals surface area contributed by atoms with Gasteiger partial charge >= 0.3 is 6.18 Å². The quantitative estimate of drug-likeness (QED) is 0.866. The topological polar surface area (TPSA) is 48.7 Å². The second-order valence-corrected chi connectivity index (χ2v) is 4.10. The highest BCUT2D eigenvalue weighted by Gasteiger charge is 2.47. The summed E-state index contributed by atoms with van der Waals surface area (Å²) >= 11 is 0. The molecule has 1 saturated carbocycles. The van der Waals surface area contributed by atoms with Crippen molar-refractivity contribution in [3.8, 4) is 6.07 Å². The molecular weight excluding hydrogens is 231 g/mol. The second-order valence-electron chi connectivity index (χ2n) is 4.10. The number of rotatable bonds is 2. The van der Waals surface area contributed by atoms with Crippen LogP contribution in [0.25, 0.3) is 0 Å². The van der Waals surface area contributed by atoms with E-state index in [1.807, 2.05) is 6.07 Å². The summed E-state index contributed by atoms with van der Waals surface area (Å²) in [5, 5.41) is 11.5. The van der Waals surface area contributed by atoms with Gasteiger partial charge in [-0.05, 0) is 25.0 Å². The van der Waals surface area contributed by atoms with Crippen LogP contribution in [-0.2, 0) is 0 Å². The highest BCUT2D eigenvalue weighted by atomic mass is 19.4. The van der Waals surface area contributed by atoms with Crippen molar-refractivity contribution in [2.45, 2.75) is 25.1 Å². The molecule has 0 spiro atoms. The van der Waals surface area contributed by atoms with Gasteiger partial charge in [0.25, 0.3) is 0 Å². The first-order valence-electron chi connectivity index (χ1n) is 5.18. The lowest BCUT2D eigenvalue weighted by Crippen LogP contribution is -2.43. The zero-order valence-electron chi connectivity index (χ0n) is 8.83. The van der Waals surface area contributed by atoms with Crippen LogP contribution in [0.15, 0.2) is 18.3 Å². The van der Waals surface area contributed by atoms with E-state index in [2.05, 4.69) is 10.3 Å². The van der Waals surface area contributed by atoms with Crippen LogP contribution >= 0.6 is 0 Å². The standard InChI is InChI=1S/C11H10F3N3/c12-11(13,14)8-3-9(4-8)17-10-2-1-7(5-15)6-16-10/h1-2,6,8-9H,3-4H2,(H,16,17)/t8-,9-. The Morgan fingerprint density at radius 3 is 2.53 bits per heavy atom. The minimum absolute atomic E-state index is 0.0885. The molecule has 0 bridgehead atoms. The first-order valence-corrected chi connectivity index (χ1v) is 5.18. The predicted octanol–water partition coefficient (Wildman–Crippen LogP) is 2.71. The van der Waals surface area contributed by atoms with Crippen LogP contribution in [0.1, 0.15) is 18.4 Å². The Bertz CT molecular complexity index is 427. The van der Waals surface area contributed by atoms with Gasteiger partial charge in [-0.1, -0.05) is 0 Å². The highest BCUT2D eigenvalue weighted by molar-refractivity contribution is 5.40. The number of pyridine rings is 1. The van der Waals surface area contributed by atoms with Crippen molar-refractivity contribution in [2.24, 2.45) is 5.92 Å². The molecule has 3 nitrogen and oxygen atoms in total. The number of alkyl halides is 3. The molecule has 0 amide bonds. The van der Waals surface area contributed by atoms with Crippen LogP contribution in [0.2, 0.25) is 0 Å². The minimum Gasteiger partial charge on any atom is -0.367 e. The van der Waals surface area contributed by atoms with Gasteiger partial charge in [0.1, 0.15) is 11.9 Å². The van der Waals surface area contributed by atoms with Gasteiger partial charge in [-0.15, -0.1) is 0 Å². The molecule has 0 atom stereocenters. The van der Waals surface area contributed by atoms with Crippen molar-refractivity contribution < 1.29 is 13.2 Å². The molecule has 90 valence electrons. The van der Waals surface area contributed by atoms with E-state index in [-0.39, 0.29) is 18.9 Å². The zero-order valence-corrected chi connectivity index (χ0v) is 8.83. The van der Waals surface area contributed by atoms with E-state index >= 15 is 0 Å². The van der Waals surface area contributed by atoms with Gasteiger partial charge in [-0.2, -0.15) is 18.4 Å². The number of nitriles is 1. The van der Waals surface area contributed by atoms with E-state index in [0.29, 0.717) is 11.4 Å². The normalized spacial score (nSPS) is 23.6. The SMILES string of the molecule is N#Cc1ccc(N[C@H]2C[C@H](C(F)(F)F)C2)nc1. The van der Waals surface area contributed by atoms with Crippen LogP contribution in [0, 0.1) is 17.2 Å². The molecular formula is C11H10F3N3. The van der Waals surface area contributed by atoms with E-state index in [9.17, 15) is 13.2 Å². The third kappa shape index (κ3) is 2.67. The van der Waals surface area contributed by atoms with Crippen molar-refractivity contribution in [3.63, 3.8) is 0 Å². The van der Waals surface area contributed by atoms with Gasteiger partial charge in [0.2, 0.25) is 0 Å². The number of aromatic nitrogens is 1. The predicted molar refractivity (Wildman–Crippen MR) is 55.1 cm³/mol. The lowest BCUT2D eigenvalue weighted by molar-refractivity contribution is -0.195. The molecule has 1 fully saturated rings. The smallest absolute Gasteiger partial charge is 0.367 e. The van der Waals surface area contributed by atoms with Crippen LogP contribution in [0.4, 0.5) is 19.0 Å². The Morgan fingerprint density at radius 2 is 2.06 bits per heavy atom. The third-order valence-electron chi connectivity index (χ3n) is 2.85. The number of halogens is 3. The van der Waals surface area contributed by atoms with Crippen LogP contribution in [0.3, 0.4) is 0 Å². The molecule has 0 aromatic carbocycles. The molecule has 0 unspecified atom stereocenters. The molecule has 1 aromatic heterocycles. The van der Waals surface area contributed by atoms with Gasteiger partial charge in [0.15, 0.2) is 0 Å². The number of anilines is 1. The molecule has 1 heterocycles. The second kappa shape index (κ2) is 4.24. The molecule has 1 N–H and O–H groups in total. The first-order chi connectivity index (χ1) is 7.99. The lowest BCUT2D eigenvalue weighted by Gasteiger charge is -2.37. The van der Waals surface area contributed by atoms with Gasteiger partial charge < -0.3 is 5.32 Å². The van der Waals surface area contributed by atoms with Crippen LogP contribution in [-0.4, -0.2) is 17.2 Å². The van der Waals surface area contributed by atoms with Gasteiger partial charge in [0.05, 0.1) is 11.5 Å². The van der Waals surface area contributed by atoms with Gasteiger partial charge in [0, 0.05) is 12.2 Å². The van der Waals surface area contributed by atoms with Crippen LogP contribution < -0.4 is 5.32 Å². The lowest BCUT2D eigenvalue weighted by atomic mass is 9.80. The highest BCUT2D eigenvalue weighted by Crippen LogP contribution is 2.41. The fraction of sp³-hybridized carbons (Fsp3) is 0.455. The largest absolute Gasteiger partial charge is 0.391 e. The summed E-state index contributed by atoms with van der Waals surface area (Å²) in [4.78, 5) is 3.94. The maximum absolute atomic E-state index is 12.2. The molecule has 1 aromatic rings. The molecule has 0 radical (unpaired) electrons. The maximum Gasteiger partial charge on any atom is 0.391 e. The van der Waals surface area contributed by atoms with E-state index in [0.717, 1.165) is 0 Å². The van der Waals surface area contributed by atoms with E-state index in [1.54, 1.807) is 12.1 Å². The van der Waals surface area contributed by atoms with Crippen molar-refractivity contribution in [3.05, 3.63) is 23.9 Å². The first kappa shape index (κ1) is 11.7. The summed E-state index contributed by atoms with van der Waals surface area (Å²) in [7, 11) is 0. The molecule has 6 heteroatoms. The molecule has 0 saturated heterocycles. The van der Waals surface area contributed by atoms with Gasteiger partial charge in [-0.3, -0.25) is 0 Å². The van der Waals surface area contributed by atoms with E-state index < -0.39 is 12.1 Å². The number of hydrogen-bond acceptors (Lipinski definition) is 3. The van der Waals surface area contributed by atoms with Crippen molar-refractivity contribution in [1.82, 2.24) is 4.98 Å². The molecule has 0 aliphatic heterocycles. The molecule has 2 rings (SSSR count). The summed E-state index contributed by atoms with van der Waals surface area (Å²) in [6.07, 6.45) is -2.52. The summed E-state index contributed by atoms with van der Waals surface area (Å²) in [6.45, 7) is 0. The van der Waals surface area contributed by atoms with Crippen LogP contribution in [0.5, 0.6) is 0 Å². The Balaban J connectivity index is 1.86. The molecule has 1 aliphatic carbocycles. The fourth-order valence-electron chi connectivity index (χ4n) is 1.76. The van der Waals surface area contributed by atoms with Crippen molar-refractivity contribution in [1.29, 1.82) is 5.26 Å². The average molecular weight is 241 g/mol. The number of nitrogens with zero attached hydrogens (tertiary/aromatic N) is 2. The number of hydrogen-bond donors (Lipinski definition) is 1. The Kier molecular flexibility index (Phi) is 2.92. The van der Waals surface area contributed by atoms with E-state index in [4.69, 9.17) is 5.26 Å². The van der Waals surface area contributed by atoms with Gasteiger partial charge in [-0.25, -0.2) is 4.98 Å². The zero-order chi connectivity index (χ0) is 12.5. The summed E-state index contributed by atoms with van der Waals surface area (Å²) in [6, 6.07) is 4.92. The Hall–Kier alpha value is -1.77. The Labute approximate surface area is 96.3 Å². The Morgan fingerprint density at radius 1 is 1.35 bits per heavy atom.